The van der Waals surface area contributed by atoms with Gasteiger partial charge in [-0.2, -0.15) is 8.78 Å². The topological polar surface area (TPSA) is 27.7 Å². The largest absolute Gasteiger partial charge is 0.378 e. The van der Waals surface area contributed by atoms with Crippen molar-refractivity contribution in [3.05, 3.63) is 24.3 Å². The summed E-state index contributed by atoms with van der Waals surface area (Å²) >= 11 is 0. The highest BCUT2D eigenvalue weighted by Crippen LogP contribution is 2.38. The van der Waals surface area contributed by atoms with Crippen molar-refractivity contribution in [1.29, 1.82) is 0 Å². The maximum absolute atomic E-state index is 12.4. The quantitative estimate of drug-likeness (QED) is 0.200. The second kappa shape index (κ2) is 15.7. The molecule has 0 aromatic rings. The van der Waals surface area contributed by atoms with E-state index in [-0.39, 0.29) is 12.2 Å². The van der Waals surface area contributed by atoms with E-state index in [1.165, 1.54) is 63.9 Å². The minimum atomic E-state index is -1.51. The van der Waals surface area contributed by atoms with Crippen LogP contribution in [0.2, 0.25) is 0 Å². The van der Waals surface area contributed by atoms with Gasteiger partial charge in [-0.25, -0.2) is 0 Å². The van der Waals surface area contributed by atoms with Gasteiger partial charge in [0, 0.05) is 18.4 Å². The summed E-state index contributed by atoms with van der Waals surface area (Å²) in [5, 5.41) is 0. The molecule has 0 aromatic heterocycles. The minimum Gasteiger partial charge on any atom is -0.378 e. The third kappa shape index (κ3) is 9.72. The lowest BCUT2D eigenvalue weighted by molar-refractivity contribution is -0.237. The highest BCUT2D eigenvalue weighted by atomic mass is 19.3. The predicted octanol–water partition coefficient (Wildman–Crippen LogP) is 9.08. The molecule has 0 aromatic carbocycles. The van der Waals surface area contributed by atoms with Crippen LogP contribution in [0.3, 0.4) is 0 Å². The molecule has 5 heteroatoms. The molecular weight excluding hydrogens is 470 g/mol. The van der Waals surface area contributed by atoms with Crippen molar-refractivity contribution in [2.45, 2.75) is 122 Å². The molecular formula is C32H52F2O3. The third-order valence-electron chi connectivity index (χ3n) is 9.76. The van der Waals surface area contributed by atoms with Crippen LogP contribution in [0.1, 0.15) is 110 Å². The Bertz CT molecular complexity index is 674. The van der Waals surface area contributed by atoms with Gasteiger partial charge in [0.05, 0.1) is 19.3 Å². The van der Waals surface area contributed by atoms with Crippen LogP contribution < -0.4 is 0 Å². The molecule has 0 radical (unpaired) electrons. The molecule has 3 nitrogen and oxygen atoms in total. The number of rotatable bonds is 11. The Balaban J connectivity index is 1.03. The van der Waals surface area contributed by atoms with Gasteiger partial charge in [-0.15, -0.1) is 0 Å². The van der Waals surface area contributed by atoms with E-state index in [9.17, 15) is 8.78 Å². The second-order valence-electron chi connectivity index (χ2n) is 12.5. The van der Waals surface area contributed by atoms with Gasteiger partial charge >= 0.3 is 0 Å². The van der Waals surface area contributed by atoms with E-state index < -0.39 is 6.08 Å². The Hall–Kier alpha value is -0.780. The number of hydrogen-bond acceptors (Lipinski definition) is 3. The molecule has 0 atom stereocenters. The van der Waals surface area contributed by atoms with Crippen LogP contribution in [0.15, 0.2) is 24.3 Å². The first-order valence-corrected chi connectivity index (χ1v) is 15.6. The zero-order valence-corrected chi connectivity index (χ0v) is 23.3. The fraction of sp³-hybridized carbons (Fsp3) is 0.875. The Kier molecular flexibility index (Phi) is 12.4. The SMILES string of the molecule is CCC/C=C/C1CCC(C2OCC(C3CCC(OCCCC4CCC(C=C(F)F)CC4)CC3)CO2)CC1. The maximum Gasteiger partial charge on any atom is 0.266 e. The Morgan fingerprint density at radius 1 is 0.784 bits per heavy atom. The van der Waals surface area contributed by atoms with Crippen LogP contribution in [0, 0.1) is 35.5 Å². The minimum absolute atomic E-state index is 0.0212. The molecule has 0 unspecified atom stereocenters. The van der Waals surface area contributed by atoms with Crippen molar-refractivity contribution >= 4 is 0 Å². The van der Waals surface area contributed by atoms with Gasteiger partial charge in [-0.05, 0) is 126 Å². The van der Waals surface area contributed by atoms with Crippen molar-refractivity contribution < 1.29 is 23.0 Å². The standard InChI is InChI=1S/C32H52F2O3/c1-2-3-4-6-24-12-14-28(15-13-24)32-36-22-29(23-37-32)27-16-18-30(19-17-27)35-20-5-7-25-8-10-26(11-9-25)21-31(33)34/h4,6,21,24-30,32H,2-3,5,7-20,22-23H2,1H3/b6-4+. The molecule has 4 rings (SSSR count). The van der Waals surface area contributed by atoms with Crippen LogP contribution in [-0.2, 0) is 14.2 Å². The first-order valence-electron chi connectivity index (χ1n) is 15.6. The third-order valence-corrected chi connectivity index (χ3v) is 9.76. The zero-order chi connectivity index (χ0) is 25.9. The molecule has 4 fully saturated rings. The van der Waals surface area contributed by atoms with Crippen LogP contribution in [0.4, 0.5) is 8.78 Å². The molecule has 3 aliphatic carbocycles. The Morgan fingerprint density at radius 3 is 2.08 bits per heavy atom. The van der Waals surface area contributed by atoms with E-state index >= 15 is 0 Å². The zero-order valence-electron chi connectivity index (χ0n) is 23.3. The number of ether oxygens (including phenoxy) is 3. The molecule has 0 N–H and O–H groups in total. The van der Waals surface area contributed by atoms with Crippen molar-refractivity contribution in [2.75, 3.05) is 19.8 Å². The molecule has 0 spiro atoms. The van der Waals surface area contributed by atoms with Crippen molar-refractivity contribution in [3.8, 4) is 0 Å². The summed E-state index contributed by atoms with van der Waals surface area (Å²) in [6, 6.07) is 0. The van der Waals surface area contributed by atoms with E-state index in [0.29, 0.717) is 29.8 Å². The van der Waals surface area contributed by atoms with Crippen molar-refractivity contribution in [1.82, 2.24) is 0 Å². The van der Waals surface area contributed by atoms with Crippen LogP contribution in [0.5, 0.6) is 0 Å². The van der Waals surface area contributed by atoms with E-state index in [2.05, 4.69) is 19.1 Å². The normalized spacial score (nSPS) is 37.5. The van der Waals surface area contributed by atoms with Gasteiger partial charge in [0.1, 0.15) is 0 Å². The summed E-state index contributed by atoms with van der Waals surface area (Å²) in [7, 11) is 0. The fourth-order valence-corrected chi connectivity index (χ4v) is 7.31. The summed E-state index contributed by atoms with van der Waals surface area (Å²) in [4.78, 5) is 0. The average Bonchev–Trinajstić information content (AvgIpc) is 2.93. The lowest BCUT2D eigenvalue weighted by Gasteiger charge is -2.41. The van der Waals surface area contributed by atoms with Crippen molar-refractivity contribution in [2.24, 2.45) is 35.5 Å². The second-order valence-corrected chi connectivity index (χ2v) is 12.5. The highest BCUT2D eigenvalue weighted by Gasteiger charge is 2.36. The van der Waals surface area contributed by atoms with Gasteiger partial charge < -0.3 is 14.2 Å². The summed E-state index contributed by atoms with van der Waals surface area (Å²) < 4.78 is 43.7. The Morgan fingerprint density at radius 2 is 1.43 bits per heavy atom. The summed E-state index contributed by atoms with van der Waals surface area (Å²) in [5.41, 5.74) is 0. The molecule has 212 valence electrons. The van der Waals surface area contributed by atoms with E-state index in [4.69, 9.17) is 14.2 Å². The lowest BCUT2D eigenvalue weighted by Crippen LogP contribution is -2.41. The molecule has 3 saturated carbocycles. The fourth-order valence-electron chi connectivity index (χ4n) is 7.31. The first-order chi connectivity index (χ1) is 18.1. The predicted molar refractivity (Wildman–Crippen MR) is 145 cm³/mol. The monoisotopic (exact) mass is 522 g/mol. The first kappa shape index (κ1) is 29.2. The average molecular weight is 523 g/mol. The van der Waals surface area contributed by atoms with Gasteiger partial charge in [0.2, 0.25) is 0 Å². The van der Waals surface area contributed by atoms with E-state index in [1.54, 1.807) is 0 Å². The molecule has 1 aliphatic heterocycles. The summed E-state index contributed by atoms with van der Waals surface area (Å²) in [6.45, 7) is 4.83. The summed E-state index contributed by atoms with van der Waals surface area (Å²) in [6.07, 6.45) is 23.4. The number of halogens is 2. The van der Waals surface area contributed by atoms with Gasteiger partial charge in [-0.3, -0.25) is 0 Å². The van der Waals surface area contributed by atoms with Crippen LogP contribution in [-0.4, -0.2) is 32.2 Å². The van der Waals surface area contributed by atoms with Gasteiger partial charge in [0.25, 0.3) is 6.08 Å². The molecule has 0 bridgehead atoms. The van der Waals surface area contributed by atoms with Crippen LogP contribution >= 0.6 is 0 Å². The molecule has 1 heterocycles. The molecule has 1 saturated heterocycles. The highest BCUT2D eigenvalue weighted by molar-refractivity contribution is 4.92. The molecule has 0 amide bonds. The van der Waals surface area contributed by atoms with Gasteiger partial charge in [0.15, 0.2) is 6.29 Å². The number of allylic oxidation sites excluding steroid dienone is 3. The number of hydrogen-bond donors (Lipinski definition) is 0. The smallest absolute Gasteiger partial charge is 0.266 e. The summed E-state index contributed by atoms with van der Waals surface area (Å²) in [5.74, 6) is 3.37. The Labute approximate surface area is 224 Å². The van der Waals surface area contributed by atoms with Gasteiger partial charge in [-0.1, -0.05) is 25.5 Å². The van der Waals surface area contributed by atoms with E-state index in [1.807, 2.05) is 0 Å². The van der Waals surface area contributed by atoms with E-state index in [0.717, 1.165) is 70.7 Å². The lowest BCUT2D eigenvalue weighted by atomic mass is 9.78. The van der Waals surface area contributed by atoms with Crippen LogP contribution in [0.25, 0.3) is 0 Å². The molecule has 37 heavy (non-hydrogen) atoms. The number of unbranched alkanes of at least 4 members (excludes halogenated alkanes) is 1. The van der Waals surface area contributed by atoms with Crippen molar-refractivity contribution in [3.63, 3.8) is 0 Å². The maximum atomic E-state index is 12.4. The molecule has 4 aliphatic rings.